The summed E-state index contributed by atoms with van der Waals surface area (Å²) in [4.78, 5) is 23.1. The number of rotatable bonds is 9. The van der Waals surface area contributed by atoms with Gasteiger partial charge in [-0.2, -0.15) is 0 Å². The molecular formula is C21H24O8. The summed E-state index contributed by atoms with van der Waals surface area (Å²) in [6.07, 6.45) is -1.41. The van der Waals surface area contributed by atoms with E-state index in [-0.39, 0.29) is 37.8 Å². The third kappa shape index (κ3) is 5.23. The Morgan fingerprint density at radius 1 is 1.28 bits per heavy atom. The molecule has 0 radical (unpaired) electrons. The van der Waals surface area contributed by atoms with Crippen molar-refractivity contribution in [3.8, 4) is 5.75 Å². The lowest BCUT2D eigenvalue weighted by atomic mass is 9.96. The summed E-state index contributed by atoms with van der Waals surface area (Å²) >= 11 is 0. The second-order valence-corrected chi connectivity index (χ2v) is 7.15. The van der Waals surface area contributed by atoms with E-state index in [1.807, 2.05) is 0 Å². The van der Waals surface area contributed by atoms with Gasteiger partial charge in [0.25, 0.3) is 0 Å². The fraction of sp³-hybridized carbons (Fsp3) is 0.429. The van der Waals surface area contributed by atoms with E-state index in [0.717, 1.165) is 0 Å². The minimum atomic E-state index is -1.16. The number of benzene rings is 1. The zero-order valence-electron chi connectivity index (χ0n) is 16.0. The highest BCUT2D eigenvalue weighted by Gasteiger charge is 2.42. The maximum Gasteiger partial charge on any atom is 0.371 e. The van der Waals surface area contributed by atoms with E-state index < -0.39 is 30.0 Å². The number of carboxylic acid groups (broad SMARTS) is 1. The smallest absolute Gasteiger partial charge is 0.371 e. The Morgan fingerprint density at radius 2 is 2.07 bits per heavy atom. The van der Waals surface area contributed by atoms with Gasteiger partial charge in [-0.25, -0.2) is 4.79 Å². The van der Waals surface area contributed by atoms with Crippen molar-refractivity contribution < 1.29 is 38.8 Å². The molecule has 8 nitrogen and oxygen atoms in total. The van der Waals surface area contributed by atoms with Gasteiger partial charge in [0, 0.05) is 12.3 Å². The SMILES string of the molecule is CC(O)c1cccc(OC[C@H]2C(=O)CC(O)[C@@H]2COCc2ccc(C(=O)O)o2)c1. The molecule has 1 aromatic heterocycles. The van der Waals surface area contributed by atoms with Crippen LogP contribution in [0.4, 0.5) is 0 Å². The average Bonchev–Trinajstić information content (AvgIpc) is 3.25. The molecule has 0 spiro atoms. The Morgan fingerprint density at radius 3 is 2.76 bits per heavy atom. The normalized spacial score (nSPS) is 22.6. The maximum atomic E-state index is 12.3. The summed E-state index contributed by atoms with van der Waals surface area (Å²) in [7, 11) is 0. The fourth-order valence-corrected chi connectivity index (χ4v) is 3.38. The Balaban J connectivity index is 1.56. The van der Waals surface area contributed by atoms with E-state index in [2.05, 4.69) is 0 Å². The van der Waals surface area contributed by atoms with E-state index >= 15 is 0 Å². The number of carbonyl (C=O) groups excluding carboxylic acids is 1. The Bertz CT molecular complexity index is 856. The third-order valence-electron chi connectivity index (χ3n) is 5.03. The number of carbonyl (C=O) groups is 2. The average molecular weight is 404 g/mol. The minimum absolute atomic E-state index is 0.0364. The van der Waals surface area contributed by atoms with Gasteiger partial charge in [0.1, 0.15) is 23.9 Å². The molecule has 1 fully saturated rings. The Labute approximate surface area is 167 Å². The molecule has 2 unspecified atom stereocenters. The number of aromatic carboxylic acids is 1. The van der Waals surface area contributed by atoms with Crippen molar-refractivity contribution >= 4 is 11.8 Å². The van der Waals surface area contributed by atoms with Crippen LogP contribution >= 0.6 is 0 Å². The van der Waals surface area contributed by atoms with Crippen LogP contribution in [0.3, 0.4) is 0 Å². The molecule has 1 aliphatic carbocycles. The number of aliphatic hydroxyl groups is 2. The third-order valence-corrected chi connectivity index (χ3v) is 5.03. The highest BCUT2D eigenvalue weighted by Crippen LogP contribution is 2.31. The molecule has 1 aliphatic rings. The van der Waals surface area contributed by atoms with Gasteiger partial charge in [0.05, 0.1) is 31.3 Å². The summed E-state index contributed by atoms with van der Waals surface area (Å²) in [5, 5.41) is 28.8. The van der Waals surface area contributed by atoms with Crippen LogP contribution in [0, 0.1) is 11.8 Å². The fourth-order valence-electron chi connectivity index (χ4n) is 3.38. The lowest BCUT2D eigenvalue weighted by molar-refractivity contribution is -0.122. The monoisotopic (exact) mass is 404 g/mol. The first kappa shape index (κ1) is 21.0. The quantitative estimate of drug-likeness (QED) is 0.581. The predicted molar refractivity (Wildman–Crippen MR) is 101 cm³/mol. The van der Waals surface area contributed by atoms with E-state index in [1.54, 1.807) is 31.2 Å². The molecule has 4 atom stereocenters. The van der Waals surface area contributed by atoms with Crippen LogP contribution in [0.15, 0.2) is 40.8 Å². The van der Waals surface area contributed by atoms with Crippen molar-refractivity contribution in [1.29, 1.82) is 0 Å². The summed E-state index contributed by atoms with van der Waals surface area (Å²) in [5.74, 6) is -1.50. The Kier molecular flexibility index (Phi) is 6.68. The molecule has 3 N–H and O–H groups in total. The van der Waals surface area contributed by atoms with Gasteiger partial charge in [0.2, 0.25) is 5.76 Å². The molecule has 8 heteroatoms. The number of ether oxygens (including phenoxy) is 2. The first-order valence-electron chi connectivity index (χ1n) is 9.36. The van der Waals surface area contributed by atoms with Gasteiger partial charge in [-0.05, 0) is 36.8 Å². The lowest BCUT2D eigenvalue weighted by Crippen LogP contribution is -2.29. The number of ketones is 1. The lowest BCUT2D eigenvalue weighted by Gasteiger charge is -2.21. The predicted octanol–water partition coefficient (Wildman–Crippen LogP) is 2.19. The van der Waals surface area contributed by atoms with Gasteiger partial charge in [-0.1, -0.05) is 12.1 Å². The van der Waals surface area contributed by atoms with Crippen LogP contribution in [0.5, 0.6) is 5.75 Å². The van der Waals surface area contributed by atoms with Gasteiger partial charge in [-0.3, -0.25) is 4.79 Å². The van der Waals surface area contributed by atoms with Crippen LogP contribution in [-0.4, -0.2) is 46.4 Å². The first-order valence-corrected chi connectivity index (χ1v) is 9.36. The van der Waals surface area contributed by atoms with Gasteiger partial charge in [0.15, 0.2) is 0 Å². The number of hydrogen-bond donors (Lipinski definition) is 3. The van der Waals surface area contributed by atoms with Crippen LogP contribution in [-0.2, 0) is 16.1 Å². The van der Waals surface area contributed by atoms with Crippen LogP contribution < -0.4 is 4.74 Å². The van der Waals surface area contributed by atoms with Crippen LogP contribution in [0.1, 0.15) is 41.3 Å². The number of furan rings is 1. The topological polar surface area (TPSA) is 126 Å². The van der Waals surface area contributed by atoms with Crippen molar-refractivity contribution in [1.82, 2.24) is 0 Å². The van der Waals surface area contributed by atoms with E-state index in [0.29, 0.717) is 17.1 Å². The van der Waals surface area contributed by atoms with Crippen molar-refractivity contribution in [2.24, 2.45) is 11.8 Å². The molecule has 0 aliphatic heterocycles. The van der Waals surface area contributed by atoms with Gasteiger partial charge >= 0.3 is 5.97 Å². The van der Waals surface area contributed by atoms with Crippen LogP contribution in [0.2, 0.25) is 0 Å². The molecule has 1 heterocycles. The summed E-state index contributed by atoms with van der Waals surface area (Å²) in [6, 6.07) is 9.84. The van der Waals surface area contributed by atoms with Crippen molar-refractivity contribution in [3.05, 3.63) is 53.5 Å². The summed E-state index contributed by atoms with van der Waals surface area (Å²) < 4.78 is 16.4. The molecule has 0 bridgehead atoms. The molecule has 156 valence electrons. The molecule has 1 saturated carbocycles. The molecule has 2 aromatic rings. The zero-order valence-corrected chi connectivity index (χ0v) is 16.0. The van der Waals surface area contributed by atoms with E-state index in [4.69, 9.17) is 19.0 Å². The highest BCUT2D eigenvalue weighted by molar-refractivity contribution is 5.84. The number of aliphatic hydroxyl groups excluding tert-OH is 2. The highest BCUT2D eigenvalue weighted by atomic mass is 16.5. The van der Waals surface area contributed by atoms with E-state index in [1.165, 1.54) is 12.1 Å². The second-order valence-electron chi connectivity index (χ2n) is 7.15. The first-order chi connectivity index (χ1) is 13.8. The molecule has 3 rings (SSSR count). The standard InChI is InChI=1S/C21H24O8/c1-12(22)13-3-2-4-14(7-13)28-11-17-16(18(23)8-19(17)24)10-27-9-15-5-6-20(29-15)21(25)26/h2-7,12,16-18,22-23H,8-11H2,1H3,(H,25,26)/t12?,16-,17-,18?/m1/s1. The number of hydrogen-bond acceptors (Lipinski definition) is 7. The molecule has 29 heavy (non-hydrogen) atoms. The molecular weight excluding hydrogens is 380 g/mol. The van der Waals surface area contributed by atoms with Crippen molar-refractivity contribution in [2.45, 2.75) is 32.2 Å². The summed E-state index contributed by atoms with van der Waals surface area (Å²) in [5.41, 5.74) is 0.708. The minimum Gasteiger partial charge on any atom is -0.493 e. The van der Waals surface area contributed by atoms with Gasteiger partial charge < -0.3 is 29.2 Å². The zero-order chi connectivity index (χ0) is 21.0. The van der Waals surface area contributed by atoms with E-state index in [9.17, 15) is 19.8 Å². The van der Waals surface area contributed by atoms with Crippen molar-refractivity contribution in [3.63, 3.8) is 0 Å². The van der Waals surface area contributed by atoms with Crippen LogP contribution in [0.25, 0.3) is 0 Å². The number of carboxylic acids is 1. The Hall–Kier alpha value is -2.68. The molecule has 0 amide bonds. The largest absolute Gasteiger partial charge is 0.493 e. The summed E-state index contributed by atoms with van der Waals surface area (Å²) in [6.45, 7) is 1.89. The molecule has 1 aromatic carbocycles. The van der Waals surface area contributed by atoms with Crippen molar-refractivity contribution in [2.75, 3.05) is 13.2 Å². The van der Waals surface area contributed by atoms with Gasteiger partial charge in [-0.15, -0.1) is 0 Å². The maximum absolute atomic E-state index is 12.3. The molecule has 0 saturated heterocycles. The number of Topliss-reactive ketones (excluding diaryl/α,β-unsaturated/α-hetero) is 1. The second kappa shape index (κ2) is 9.21.